The van der Waals surface area contributed by atoms with Crippen molar-refractivity contribution in [3.63, 3.8) is 0 Å². The van der Waals surface area contributed by atoms with E-state index < -0.39 is 12.3 Å². The van der Waals surface area contributed by atoms with Crippen LogP contribution in [-0.2, 0) is 0 Å². The molecule has 9 heteroatoms. The minimum absolute atomic E-state index is 0.0938. The molecule has 0 spiro atoms. The first-order valence-electron chi connectivity index (χ1n) is 8.00. The maximum absolute atomic E-state index is 13.1. The van der Waals surface area contributed by atoms with Crippen molar-refractivity contribution in [2.45, 2.75) is 13.2 Å². The Kier molecular flexibility index (Phi) is 3.91. The number of nitrogens with one attached hydrogen (secondary N) is 2. The van der Waals surface area contributed by atoms with Crippen molar-refractivity contribution in [3.8, 4) is 17.2 Å². The third-order valence-corrected chi connectivity index (χ3v) is 3.73. The van der Waals surface area contributed by atoms with E-state index in [1.807, 2.05) is 30.3 Å². The molecule has 0 radical (unpaired) electrons. The van der Waals surface area contributed by atoms with Gasteiger partial charge in [-0.05, 0) is 31.2 Å². The number of alkyl halides is 2. The average Bonchev–Trinajstić information content (AvgIpc) is 3.12. The summed E-state index contributed by atoms with van der Waals surface area (Å²) < 4.78 is 36.4. The third-order valence-electron chi connectivity index (χ3n) is 3.73. The van der Waals surface area contributed by atoms with E-state index in [2.05, 4.69) is 25.2 Å². The van der Waals surface area contributed by atoms with Crippen LogP contribution in [0.2, 0.25) is 0 Å². The van der Waals surface area contributed by atoms with Crippen LogP contribution in [0.3, 0.4) is 0 Å². The lowest BCUT2D eigenvalue weighted by Gasteiger charge is -2.10. The van der Waals surface area contributed by atoms with Gasteiger partial charge in [0.1, 0.15) is 5.82 Å². The van der Waals surface area contributed by atoms with Gasteiger partial charge in [-0.3, -0.25) is 5.32 Å². The monoisotopic (exact) mass is 372 g/mol. The lowest BCUT2D eigenvalue weighted by Crippen LogP contribution is -2.25. The summed E-state index contributed by atoms with van der Waals surface area (Å²) >= 11 is 0. The van der Waals surface area contributed by atoms with Gasteiger partial charge in [-0.1, -0.05) is 18.2 Å². The van der Waals surface area contributed by atoms with Gasteiger partial charge < -0.3 is 14.8 Å². The molecule has 2 aromatic carbocycles. The second-order valence-corrected chi connectivity index (χ2v) is 5.83. The molecule has 1 aliphatic rings. The smallest absolute Gasteiger partial charge is 0.395 e. The lowest BCUT2D eigenvalue weighted by molar-refractivity contribution is -0.286. The van der Waals surface area contributed by atoms with Crippen molar-refractivity contribution in [1.29, 1.82) is 0 Å². The Hall–Kier alpha value is -3.62. The number of aryl methyl sites for hydroxylation is 1. The van der Waals surface area contributed by atoms with Crippen molar-refractivity contribution in [1.82, 2.24) is 9.78 Å². The van der Waals surface area contributed by atoms with E-state index >= 15 is 0 Å². The first kappa shape index (κ1) is 16.8. The molecule has 0 fully saturated rings. The fourth-order valence-corrected chi connectivity index (χ4v) is 2.66. The number of ether oxygens (including phenoxy) is 2. The number of carbonyl (C=O) groups excluding carboxylic acids is 1. The number of hydrogen-bond donors (Lipinski definition) is 2. The van der Waals surface area contributed by atoms with Gasteiger partial charge in [-0.15, -0.1) is 8.78 Å². The van der Waals surface area contributed by atoms with Crippen LogP contribution in [-0.4, -0.2) is 22.1 Å². The second kappa shape index (κ2) is 6.27. The van der Waals surface area contributed by atoms with Gasteiger partial charge in [-0.2, -0.15) is 5.10 Å². The maximum atomic E-state index is 13.1. The van der Waals surface area contributed by atoms with Crippen molar-refractivity contribution in [3.05, 3.63) is 60.3 Å². The topological polar surface area (TPSA) is 77.4 Å². The first-order valence-corrected chi connectivity index (χ1v) is 8.00. The fraction of sp³-hybridized carbons (Fsp3) is 0.111. The quantitative estimate of drug-likeness (QED) is 0.724. The van der Waals surface area contributed by atoms with Gasteiger partial charge >= 0.3 is 12.3 Å². The van der Waals surface area contributed by atoms with Crippen LogP contribution in [0.4, 0.5) is 25.1 Å². The molecule has 4 rings (SSSR count). The van der Waals surface area contributed by atoms with Gasteiger partial charge in [0.15, 0.2) is 11.5 Å². The minimum Gasteiger partial charge on any atom is -0.395 e. The molecule has 0 saturated heterocycles. The lowest BCUT2D eigenvalue weighted by atomic mass is 10.3. The number of para-hydroxylation sites is 1. The molecule has 27 heavy (non-hydrogen) atoms. The van der Waals surface area contributed by atoms with Crippen LogP contribution in [0.25, 0.3) is 5.69 Å². The Morgan fingerprint density at radius 3 is 2.56 bits per heavy atom. The summed E-state index contributed by atoms with van der Waals surface area (Å²) in [6.45, 7) is 1.81. The Bertz CT molecular complexity index is 1010. The molecule has 2 heterocycles. The van der Waals surface area contributed by atoms with E-state index in [4.69, 9.17) is 0 Å². The zero-order chi connectivity index (χ0) is 19.0. The average molecular weight is 372 g/mol. The zero-order valence-electron chi connectivity index (χ0n) is 14.1. The Morgan fingerprint density at radius 2 is 1.78 bits per heavy atom. The van der Waals surface area contributed by atoms with Crippen LogP contribution >= 0.6 is 0 Å². The van der Waals surface area contributed by atoms with E-state index in [0.717, 1.165) is 11.4 Å². The summed E-state index contributed by atoms with van der Waals surface area (Å²) in [5, 5.41) is 9.61. The Balaban J connectivity index is 1.50. The maximum Gasteiger partial charge on any atom is 0.586 e. The molecule has 1 aromatic heterocycles. The van der Waals surface area contributed by atoms with Crippen LogP contribution < -0.4 is 20.1 Å². The molecular formula is C18H14F2N4O3. The highest BCUT2D eigenvalue weighted by atomic mass is 19.3. The summed E-state index contributed by atoms with van der Waals surface area (Å²) in [5.41, 5.74) is 1.78. The van der Waals surface area contributed by atoms with Crippen LogP contribution in [0.5, 0.6) is 11.5 Å². The number of fused-ring (bicyclic) bond motifs is 1. The number of rotatable bonds is 3. The number of nitrogens with zero attached hydrogens (tertiary/aromatic N) is 2. The van der Waals surface area contributed by atoms with Crippen LogP contribution in [0.15, 0.2) is 54.6 Å². The number of anilines is 2. The molecular weight excluding hydrogens is 358 g/mol. The molecule has 0 bridgehead atoms. The number of hydrogen-bond acceptors (Lipinski definition) is 4. The van der Waals surface area contributed by atoms with Gasteiger partial charge in [0, 0.05) is 17.8 Å². The summed E-state index contributed by atoms with van der Waals surface area (Å²) in [4.78, 5) is 12.3. The Labute approximate surface area is 152 Å². The van der Waals surface area contributed by atoms with Gasteiger partial charge in [0.05, 0.1) is 11.4 Å². The SMILES string of the molecule is Cc1cc(NC(=O)Nc2ccc3c(c2)OC(F)(F)O3)n(-c2ccccc2)n1. The number of amides is 2. The molecule has 1 aliphatic heterocycles. The molecule has 2 amide bonds. The van der Waals surface area contributed by atoms with E-state index in [0.29, 0.717) is 5.82 Å². The highest BCUT2D eigenvalue weighted by Crippen LogP contribution is 2.42. The molecule has 3 aromatic rings. The fourth-order valence-electron chi connectivity index (χ4n) is 2.66. The largest absolute Gasteiger partial charge is 0.586 e. The highest BCUT2D eigenvalue weighted by molar-refractivity contribution is 5.99. The molecule has 138 valence electrons. The normalized spacial score (nSPS) is 14.0. The molecule has 0 unspecified atom stereocenters. The summed E-state index contributed by atoms with van der Waals surface area (Å²) in [7, 11) is 0. The molecule has 7 nitrogen and oxygen atoms in total. The third kappa shape index (κ3) is 3.52. The van der Waals surface area contributed by atoms with Gasteiger partial charge in [-0.25, -0.2) is 9.48 Å². The predicted octanol–water partition coefficient (Wildman–Crippen LogP) is 4.15. The molecule has 2 N–H and O–H groups in total. The summed E-state index contributed by atoms with van der Waals surface area (Å²) in [5.74, 6) is 0.218. The molecule has 0 atom stereocenters. The van der Waals surface area contributed by atoms with Gasteiger partial charge in [0.25, 0.3) is 0 Å². The van der Waals surface area contributed by atoms with Crippen LogP contribution in [0.1, 0.15) is 5.69 Å². The van der Waals surface area contributed by atoms with Crippen molar-refractivity contribution in [2.75, 3.05) is 10.6 Å². The van der Waals surface area contributed by atoms with Crippen molar-refractivity contribution >= 4 is 17.5 Å². The number of carbonyl (C=O) groups is 1. The Morgan fingerprint density at radius 1 is 1.04 bits per heavy atom. The predicted molar refractivity (Wildman–Crippen MR) is 93.6 cm³/mol. The van der Waals surface area contributed by atoms with Gasteiger partial charge in [0.2, 0.25) is 0 Å². The van der Waals surface area contributed by atoms with Crippen molar-refractivity contribution < 1.29 is 23.0 Å². The molecule has 0 aliphatic carbocycles. The number of halogens is 2. The zero-order valence-corrected chi connectivity index (χ0v) is 14.1. The summed E-state index contributed by atoms with van der Waals surface area (Å²) in [6.07, 6.45) is -3.71. The van der Waals surface area contributed by atoms with E-state index in [1.165, 1.54) is 18.2 Å². The van der Waals surface area contributed by atoms with E-state index in [9.17, 15) is 13.6 Å². The second-order valence-electron chi connectivity index (χ2n) is 5.83. The standard InChI is InChI=1S/C18H14F2N4O3/c1-11-9-16(24(23-11)13-5-3-2-4-6-13)22-17(25)21-12-7-8-14-15(10-12)27-18(19,20)26-14/h2-10H,1H3,(H2,21,22,25). The number of aromatic nitrogens is 2. The first-order chi connectivity index (χ1) is 12.9. The molecule has 0 saturated carbocycles. The summed E-state index contributed by atoms with van der Waals surface area (Å²) in [6, 6.07) is 14.5. The minimum atomic E-state index is -3.71. The van der Waals surface area contributed by atoms with Crippen molar-refractivity contribution in [2.24, 2.45) is 0 Å². The number of benzene rings is 2. The van der Waals surface area contributed by atoms with Crippen LogP contribution in [0, 0.1) is 6.92 Å². The number of urea groups is 1. The van der Waals surface area contributed by atoms with E-state index in [1.54, 1.807) is 17.7 Å². The van der Waals surface area contributed by atoms with E-state index in [-0.39, 0.29) is 17.2 Å². The highest BCUT2D eigenvalue weighted by Gasteiger charge is 2.43.